The van der Waals surface area contributed by atoms with Gasteiger partial charge in [-0.2, -0.15) is 0 Å². The van der Waals surface area contributed by atoms with Gasteiger partial charge in [-0.05, 0) is 79.9 Å². The van der Waals surface area contributed by atoms with Crippen molar-refractivity contribution in [2.24, 2.45) is 11.3 Å². The summed E-state index contributed by atoms with van der Waals surface area (Å²) < 4.78 is 39.5. The van der Waals surface area contributed by atoms with E-state index in [0.717, 1.165) is 48.8 Å². The van der Waals surface area contributed by atoms with Gasteiger partial charge in [-0.15, -0.1) is 0 Å². The number of sulfonamides is 1. The maximum absolute atomic E-state index is 14.5. The van der Waals surface area contributed by atoms with Crippen molar-refractivity contribution in [3.63, 3.8) is 0 Å². The van der Waals surface area contributed by atoms with Gasteiger partial charge in [-0.3, -0.25) is 24.0 Å². The third kappa shape index (κ3) is 8.86. The van der Waals surface area contributed by atoms with Gasteiger partial charge in [0.15, 0.2) is 0 Å². The zero-order chi connectivity index (χ0) is 39.0. The molecule has 2 aliphatic carbocycles. The van der Waals surface area contributed by atoms with E-state index in [2.05, 4.69) is 27.5 Å². The molecule has 3 N–H and O–H groups in total. The standard InChI is InChI=1S/C40H53N5O9S/c1-39(2)19-10-6-7-12-26-13-11-14-27-22-44(24-31(26)27)38(50)54-29-20-33-34(46)42-40(36(48)43-55(51,52)30-17-18-30)21-28(40)15-8-4-3-5-9-16-32(35(47)45(33)23-29)41-37(49)53-25-39/h7-8,11-15,28-30,32-33H,3-6,9-10,16-25H2,1-2H3,(H,41,49)(H,42,46)(H,43,48)/t28-,29-,32+,33+,40-/m1/s1. The van der Waals surface area contributed by atoms with Gasteiger partial charge in [0.05, 0.1) is 24.9 Å². The van der Waals surface area contributed by atoms with E-state index in [1.165, 1.54) is 4.90 Å². The minimum absolute atomic E-state index is 0.0535. The van der Waals surface area contributed by atoms with Crippen LogP contribution in [0, 0.1) is 11.3 Å². The second-order valence-electron chi connectivity index (χ2n) is 16.8. The van der Waals surface area contributed by atoms with Crippen LogP contribution in [0.15, 0.2) is 36.4 Å². The van der Waals surface area contributed by atoms with Gasteiger partial charge in [-0.1, -0.05) is 69.2 Å². The molecule has 4 heterocycles. The van der Waals surface area contributed by atoms with Crippen LogP contribution in [-0.4, -0.2) is 90.3 Å². The zero-order valence-electron chi connectivity index (χ0n) is 31.7. The number of rotatable bonds is 3. The van der Waals surface area contributed by atoms with Gasteiger partial charge >= 0.3 is 12.2 Å². The van der Waals surface area contributed by atoms with E-state index in [9.17, 15) is 32.4 Å². The summed E-state index contributed by atoms with van der Waals surface area (Å²) >= 11 is 0. The summed E-state index contributed by atoms with van der Waals surface area (Å²) in [5.74, 6) is -2.45. The monoisotopic (exact) mass is 779 g/mol. The Morgan fingerprint density at radius 2 is 1.78 bits per heavy atom. The Bertz CT molecular complexity index is 1870. The molecule has 14 nitrogen and oxygen atoms in total. The number of amides is 5. The fraction of sp³-hybridized carbons (Fsp3) is 0.625. The molecule has 7 rings (SSSR count). The van der Waals surface area contributed by atoms with Crippen molar-refractivity contribution < 1.29 is 41.9 Å². The van der Waals surface area contributed by atoms with E-state index in [0.29, 0.717) is 45.2 Å². The van der Waals surface area contributed by atoms with Crippen LogP contribution >= 0.6 is 0 Å². The summed E-state index contributed by atoms with van der Waals surface area (Å²) in [7, 11) is -3.90. The van der Waals surface area contributed by atoms with Crippen LogP contribution in [0.3, 0.4) is 0 Å². The lowest BCUT2D eigenvalue weighted by atomic mass is 9.88. The Balaban J connectivity index is 1.18. The summed E-state index contributed by atoms with van der Waals surface area (Å²) in [4.78, 5) is 72.4. The Morgan fingerprint density at radius 3 is 2.58 bits per heavy atom. The van der Waals surface area contributed by atoms with Gasteiger partial charge in [0, 0.05) is 18.9 Å². The van der Waals surface area contributed by atoms with Crippen molar-refractivity contribution in [3.8, 4) is 0 Å². The maximum atomic E-state index is 14.5. The SMILES string of the molecule is CC1(C)CCCC=Cc2cccc3c2CN(C3)C(=O)O[C@@H]2C[C@H]3C(=O)N[C@]4(C(=O)NS(=O)(=O)C5CC5)C[C@H]4C=CCCCCC[C@H](NC(=O)OC1)C(=O)N3C2. The number of benzene rings is 1. The van der Waals surface area contributed by atoms with E-state index in [1.807, 2.05) is 44.2 Å². The summed E-state index contributed by atoms with van der Waals surface area (Å²) in [6.45, 7) is 4.80. The molecule has 0 spiro atoms. The summed E-state index contributed by atoms with van der Waals surface area (Å²) in [6, 6.07) is 3.78. The molecule has 6 aliphatic rings. The highest BCUT2D eigenvalue weighted by atomic mass is 32.2. The van der Waals surface area contributed by atoms with Gasteiger partial charge in [-0.25, -0.2) is 18.0 Å². The number of allylic oxidation sites excluding steroid dienone is 2. The molecule has 2 saturated carbocycles. The van der Waals surface area contributed by atoms with Crippen molar-refractivity contribution in [3.05, 3.63) is 53.1 Å². The van der Waals surface area contributed by atoms with E-state index in [-0.39, 0.29) is 31.4 Å². The van der Waals surface area contributed by atoms with Crippen molar-refractivity contribution in [1.82, 2.24) is 25.2 Å². The summed E-state index contributed by atoms with van der Waals surface area (Å²) in [6.07, 6.45) is 12.5. The normalized spacial score (nSPS) is 30.4. The fourth-order valence-corrected chi connectivity index (χ4v) is 9.59. The first-order valence-corrected chi connectivity index (χ1v) is 21.3. The second-order valence-corrected chi connectivity index (χ2v) is 18.8. The molecule has 55 heavy (non-hydrogen) atoms. The van der Waals surface area contributed by atoms with Crippen LogP contribution in [-0.2, 0) is 47.0 Å². The van der Waals surface area contributed by atoms with E-state index in [4.69, 9.17) is 9.47 Å². The number of cyclic esters (lactones) is 1. The van der Waals surface area contributed by atoms with Gasteiger partial charge in [0.25, 0.3) is 5.91 Å². The van der Waals surface area contributed by atoms with Crippen molar-refractivity contribution in [2.75, 3.05) is 13.2 Å². The number of ether oxygens (including phenoxy) is 2. The predicted molar refractivity (Wildman–Crippen MR) is 202 cm³/mol. The first-order chi connectivity index (χ1) is 26.2. The molecule has 0 aromatic heterocycles. The Labute approximate surface area is 322 Å². The van der Waals surface area contributed by atoms with Crippen LogP contribution in [0.5, 0.6) is 0 Å². The molecule has 0 radical (unpaired) electrons. The van der Waals surface area contributed by atoms with E-state index >= 15 is 0 Å². The average Bonchev–Trinajstić information content (AvgIpc) is 4.02. The molecule has 3 fully saturated rings. The number of carbonyl (C=O) groups excluding carboxylic acids is 5. The fourth-order valence-electron chi connectivity index (χ4n) is 8.22. The van der Waals surface area contributed by atoms with E-state index in [1.54, 1.807) is 4.90 Å². The minimum atomic E-state index is -3.90. The van der Waals surface area contributed by atoms with Crippen LogP contribution in [0.1, 0.15) is 108 Å². The Kier molecular flexibility index (Phi) is 11.0. The molecule has 4 aliphatic heterocycles. The lowest BCUT2D eigenvalue weighted by Gasteiger charge is -2.30. The van der Waals surface area contributed by atoms with Crippen LogP contribution in [0.2, 0.25) is 0 Å². The highest BCUT2D eigenvalue weighted by molar-refractivity contribution is 7.91. The third-order valence-corrected chi connectivity index (χ3v) is 13.6. The third-order valence-electron chi connectivity index (χ3n) is 11.8. The molecule has 1 saturated heterocycles. The molecule has 5 amide bonds. The zero-order valence-corrected chi connectivity index (χ0v) is 32.5. The largest absolute Gasteiger partial charge is 0.449 e. The summed E-state index contributed by atoms with van der Waals surface area (Å²) in [5.41, 5.74) is 1.24. The van der Waals surface area contributed by atoms with Crippen LogP contribution < -0.4 is 15.4 Å². The second kappa shape index (κ2) is 15.6. The minimum Gasteiger partial charge on any atom is -0.449 e. The molecule has 1 aromatic carbocycles. The van der Waals surface area contributed by atoms with Crippen molar-refractivity contribution in [2.45, 2.75) is 133 Å². The number of carbonyl (C=O) groups is 5. The molecule has 1 aromatic rings. The van der Waals surface area contributed by atoms with Gasteiger partial charge in [0.2, 0.25) is 21.8 Å². The van der Waals surface area contributed by atoms with Crippen molar-refractivity contribution >= 4 is 46.0 Å². The molecule has 0 unspecified atom stereocenters. The molecular weight excluding hydrogens is 727 g/mol. The van der Waals surface area contributed by atoms with Gasteiger partial charge < -0.3 is 25.0 Å². The van der Waals surface area contributed by atoms with E-state index < -0.39 is 74.8 Å². The molecular formula is C40H53N5O9S. The number of fused-ring (bicyclic) bond motifs is 4. The molecule has 15 heteroatoms. The number of hydrogen-bond acceptors (Lipinski definition) is 9. The predicted octanol–water partition coefficient (Wildman–Crippen LogP) is 4.43. The highest BCUT2D eigenvalue weighted by Gasteiger charge is 2.62. The van der Waals surface area contributed by atoms with Gasteiger partial charge in [0.1, 0.15) is 23.7 Å². The number of hydrogen-bond donors (Lipinski definition) is 3. The maximum Gasteiger partial charge on any atom is 0.410 e. The smallest absolute Gasteiger partial charge is 0.410 e. The first kappa shape index (κ1) is 38.9. The lowest BCUT2D eigenvalue weighted by molar-refractivity contribution is -0.141. The first-order valence-electron chi connectivity index (χ1n) is 19.8. The summed E-state index contributed by atoms with van der Waals surface area (Å²) in [5, 5.41) is 4.98. The Morgan fingerprint density at radius 1 is 0.982 bits per heavy atom. The average molecular weight is 780 g/mol. The topological polar surface area (TPSA) is 181 Å². The van der Waals surface area contributed by atoms with Crippen LogP contribution in [0.25, 0.3) is 6.08 Å². The lowest BCUT2D eigenvalue weighted by Crippen LogP contribution is -2.58. The molecule has 5 bridgehead atoms. The van der Waals surface area contributed by atoms with Crippen LogP contribution in [0.4, 0.5) is 9.59 Å². The number of alkyl carbamates (subject to hydrolysis) is 1. The molecule has 298 valence electrons. The highest BCUT2D eigenvalue weighted by Crippen LogP contribution is 2.46. The number of nitrogens with zero attached hydrogens (tertiary/aromatic N) is 2. The van der Waals surface area contributed by atoms with Crippen molar-refractivity contribution in [1.29, 1.82) is 0 Å². The quantitative estimate of drug-likeness (QED) is 0.374. The Hall–Kier alpha value is -4.40. The molecule has 5 atom stereocenters. The number of nitrogens with one attached hydrogen (secondary N) is 3.